The first-order chi connectivity index (χ1) is 14.6. The van der Waals surface area contributed by atoms with Crippen molar-refractivity contribution >= 4 is 0 Å². The number of piperidine rings is 1. The molecule has 2 aliphatic rings. The van der Waals surface area contributed by atoms with Gasteiger partial charge in [0.1, 0.15) is 0 Å². The average Bonchev–Trinajstić information content (AvgIpc) is 3.20. The zero-order valence-corrected chi connectivity index (χ0v) is 17.7. The van der Waals surface area contributed by atoms with Crippen LogP contribution in [0.15, 0.2) is 78.9 Å². The Balaban J connectivity index is 1.44. The van der Waals surface area contributed by atoms with Crippen molar-refractivity contribution in [2.75, 3.05) is 20.1 Å². The zero-order chi connectivity index (χ0) is 20.6. The Morgan fingerprint density at radius 1 is 0.767 bits per heavy atom. The summed E-state index contributed by atoms with van der Waals surface area (Å²) in [5.41, 5.74) is 5.79. The molecule has 3 heteroatoms. The molecule has 0 atom stereocenters. The van der Waals surface area contributed by atoms with Gasteiger partial charge in [0.05, 0.1) is 11.6 Å². The zero-order valence-electron chi connectivity index (χ0n) is 17.7. The van der Waals surface area contributed by atoms with Gasteiger partial charge in [0.25, 0.3) is 0 Å². The molecule has 1 fully saturated rings. The second kappa shape index (κ2) is 7.99. The lowest BCUT2D eigenvalue weighted by molar-refractivity contribution is -0.0203. The van der Waals surface area contributed by atoms with Crippen LogP contribution in [0.5, 0.6) is 0 Å². The predicted molar refractivity (Wildman–Crippen MR) is 121 cm³/mol. The van der Waals surface area contributed by atoms with Crippen LogP contribution < -0.4 is 0 Å². The number of nitrogens with zero attached hydrogens (tertiary/aromatic N) is 2. The summed E-state index contributed by atoms with van der Waals surface area (Å²) < 4.78 is 0. The molecule has 0 saturated carbocycles. The SMILES string of the molecule is CN1CCC(O)(c2ccc3c(c2)CN(C(c2ccccc2)c2ccccc2)C3)CC1. The molecule has 0 amide bonds. The third-order valence-corrected chi connectivity index (χ3v) is 6.90. The van der Waals surface area contributed by atoms with Gasteiger partial charge in [0.15, 0.2) is 0 Å². The third kappa shape index (κ3) is 3.69. The fraction of sp³-hybridized carbons (Fsp3) is 0.333. The summed E-state index contributed by atoms with van der Waals surface area (Å²) in [4.78, 5) is 4.85. The Hall–Kier alpha value is -2.46. The molecule has 5 rings (SSSR count). The molecule has 1 N–H and O–H groups in total. The summed E-state index contributed by atoms with van der Waals surface area (Å²) in [6.07, 6.45) is 1.62. The summed E-state index contributed by atoms with van der Waals surface area (Å²) in [5.74, 6) is 0. The van der Waals surface area contributed by atoms with Gasteiger partial charge in [-0.2, -0.15) is 0 Å². The molecular formula is C27H30N2O. The summed E-state index contributed by atoms with van der Waals surface area (Å²) >= 11 is 0. The Labute approximate surface area is 179 Å². The molecule has 30 heavy (non-hydrogen) atoms. The standard InChI is InChI=1S/C27H30N2O/c1-28-16-14-27(30,15-17-28)25-13-12-23-19-29(20-24(23)18-25)26(21-8-4-2-5-9-21)22-10-6-3-7-11-22/h2-13,18,26,30H,14-17,19-20H2,1H3. The van der Waals surface area contributed by atoms with E-state index >= 15 is 0 Å². The Bertz CT molecular complexity index is 954. The Morgan fingerprint density at radius 2 is 1.33 bits per heavy atom. The minimum Gasteiger partial charge on any atom is -0.385 e. The smallest absolute Gasteiger partial charge is 0.0921 e. The maximum absolute atomic E-state index is 11.3. The lowest BCUT2D eigenvalue weighted by Gasteiger charge is -2.37. The number of benzene rings is 3. The second-order valence-corrected chi connectivity index (χ2v) is 8.95. The van der Waals surface area contributed by atoms with Crippen molar-refractivity contribution in [3.8, 4) is 0 Å². The molecule has 0 aromatic heterocycles. The largest absolute Gasteiger partial charge is 0.385 e. The quantitative estimate of drug-likeness (QED) is 0.690. The van der Waals surface area contributed by atoms with E-state index in [4.69, 9.17) is 0 Å². The van der Waals surface area contributed by atoms with Crippen molar-refractivity contribution in [3.05, 3.63) is 107 Å². The van der Waals surface area contributed by atoms with E-state index in [-0.39, 0.29) is 6.04 Å². The van der Waals surface area contributed by atoms with E-state index < -0.39 is 5.60 Å². The molecule has 154 valence electrons. The number of fused-ring (bicyclic) bond motifs is 1. The molecule has 1 saturated heterocycles. The number of hydrogen-bond donors (Lipinski definition) is 1. The molecule has 0 radical (unpaired) electrons. The lowest BCUT2D eigenvalue weighted by atomic mass is 9.83. The van der Waals surface area contributed by atoms with Crippen molar-refractivity contribution in [3.63, 3.8) is 0 Å². The molecule has 0 unspecified atom stereocenters. The Morgan fingerprint density at radius 3 is 1.93 bits per heavy atom. The number of likely N-dealkylation sites (tertiary alicyclic amines) is 1. The highest BCUT2D eigenvalue weighted by Crippen LogP contribution is 2.39. The van der Waals surface area contributed by atoms with E-state index in [2.05, 4.69) is 95.7 Å². The molecule has 3 aromatic carbocycles. The van der Waals surface area contributed by atoms with E-state index in [0.29, 0.717) is 0 Å². The van der Waals surface area contributed by atoms with Gasteiger partial charge in [-0.25, -0.2) is 0 Å². The molecule has 0 bridgehead atoms. The highest BCUT2D eigenvalue weighted by Gasteiger charge is 2.35. The van der Waals surface area contributed by atoms with Gasteiger partial charge in [0.2, 0.25) is 0 Å². The van der Waals surface area contributed by atoms with E-state index in [9.17, 15) is 5.11 Å². The summed E-state index contributed by atoms with van der Waals surface area (Å²) in [7, 11) is 2.13. The predicted octanol–water partition coefficient (Wildman–Crippen LogP) is 4.71. The molecule has 3 nitrogen and oxygen atoms in total. The monoisotopic (exact) mass is 398 g/mol. The lowest BCUT2D eigenvalue weighted by Crippen LogP contribution is -2.40. The van der Waals surface area contributed by atoms with Crippen LogP contribution in [0.2, 0.25) is 0 Å². The van der Waals surface area contributed by atoms with Gasteiger partial charge in [0, 0.05) is 26.2 Å². The van der Waals surface area contributed by atoms with Gasteiger partial charge in [-0.3, -0.25) is 4.90 Å². The maximum Gasteiger partial charge on any atom is 0.0921 e. The van der Waals surface area contributed by atoms with Crippen molar-refractivity contribution in [1.82, 2.24) is 9.80 Å². The van der Waals surface area contributed by atoms with Crippen molar-refractivity contribution in [1.29, 1.82) is 0 Å². The van der Waals surface area contributed by atoms with Gasteiger partial charge in [-0.05, 0) is 47.7 Å². The second-order valence-electron chi connectivity index (χ2n) is 8.95. The summed E-state index contributed by atoms with van der Waals surface area (Å²) in [6.45, 7) is 3.74. The van der Waals surface area contributed by atoms with Gasteiger partial charge in [-0.1, -0.05) is 78.9 Å². The van der Waals surface area contributed by atoms with Crippen molar-refractivity contribution in [2.24, 2.45) is 0 Å². The minimum atomic E-state index is -0.687. The van der Waals surface area contributed by atoms with Crippen LogP contribution in [0.25, 0.3) is 0 Å². The normalized spacial score (nSPS) is 19.2. The summed E-state index contributed by atoms with van der Waals surface area (Å²) in [6, 6.07) is 28.5. The van der Waals surface area contributed by atoms with E-state index in [1.807, 2.05) is 0 Å². The van der Waals surface area contributed by atoms with Crippen LogP contribution in [-0.4, -0.2) is 35.0 Å². The number of hydrogen-bond acceptors (Lipinski definition) is 3. The fourth-order valence-corrected chi connectivity index (χ4v) is 5.05. The first-order valence-corrected chi connectivity index (χ1v) is 11.0. The van der Waals surface area contributed by atoms with Crippen LogP contribution in [0, 0.1) is 0 Å². The van der Waals surface area contributed by atoms with E-state index in [1.54, 1.807) is 0 Å². The average molecular weight is 399 g/mol. The van der Waals surface area contributed by atoms with Crippen molar-refractivity contribution < 1.29 is 5.11 Å². The van der Waals surface area contributed by atoms with Gasteiger partial charge < -0.3 is 10.0 Å². The highest BCUT2D eigenvalue weighted by molar-refractivity contribution is 5.40. The third-order valence-electron chi connectivity index (χ3n) is 6.90. The molecular weight excluding hydrogens is 368 g/mol. The van der Waals surface area contributed by atoms with Crippen molar-refractivity contribution in [2.45, 2.75) is 37.6 Å². The van der Waals surface area contributed by atoms with Crippen LogP contribution >= 0.6 is 0 Å². The molecule has 2 heterocycles. The van der Waals surface area contributed by atoms with Gasteiger partial charge in [-0.15, -0.1) is 0 Å². The van der Waals surface area contributed by atoms with Crippen LogP contribution in [0.4, 0.5) is 0 Å². The van der Waals surface area contributed by atoms with Gasteiger partial charge >= 0.3 is 0 Å². The topological polar surface area (TPSA) is 26.7 Å². The first-order valence-electron chi connectivity index (χ1n) is 11.0. The van der Waals surface area contributed by atoms with E-state index in [1.165, 1.54) is 22.3 Å². The van der Waals surface area contributed by atoms with Crippen LogP contribution in [0.1, 0.15) is 46.7 Å². The first kappa shape index (κ1) is 19.5. The minimum absolute atomic E-state index is 0.231. The van der Waals surface area contributed by atoms with Crippen LogP contribution in [-0.2, 0) is 18.7 Å². The highest BCUT2D eigenvalue weighted by atomic mass is 16.3. The molecule has 0 spiro atoms. The fourth-order valence-electron chi connectivity index (χ4n) is 5.05. The maximum atomic E-state index is 11.3. The summed E-state index contributed by atoms with van der Waals surface area (Å²) in [5, 5.41) is 11.3. The molecule has 3 aromatic rings. The number of aliphatic hydroxyl groups is 1. The van der Waals surface area contributed by atoms with Crippen LogP contribution in [0.3, 0.4) is 0 Å². The molecule has 2 aliphatic heterocycles. The Kier molecular flexibility index (Phi) is 5.20. The van der Waals surface area contributed by atoms with E-state index in [0.717, 1.165) is 44.6 Å². The number of rotatable bonds is 4. The molecule has 0 aliphatic carbocycles.